The Morgan fingerprint density at radius 2 is 2.18 bits per heavy atom. The van der Waals surface area contributed by atoms with Gasteiger partial charge in [0.05, 0.1) is 0 Å². The highest BCUT2D eigenvalue weighted by atomic mass is 16.2. The molecule has 1 rings (SSSR count). The predicted octanol–water partition coefficient (Wildman–Crippen LogP) is 1.63. The van der Waals surface area contributed by atoms with Gasteiger partial charge in [-0.05, 0) is 12.3 Å². The number of nitrogens with zero attached hydrogens (tertiary/aromatic N) is 1. The Labute approximate surface area is 67.9 Å². The van der Waals surface area contributed by atoms with Gasteiger partial charge < -0.3 is 4.90 Å². The zero-order chi connectivity index (χ0) is 8.59. The molecule has 0 aliphatic carbocycles. The molecule has 0 radical (unpaired) electrons. The van der Waals surface area contributed by atoms with E-state index in [0.29, 0.717) is 5.92 Å². The predicted molar refractivity (Wildman–Crippen MR) is 44.9 cm³/mol. The summed E-state index contributed by atoms with van der Waals surface area (Å²) >= 11 is 0. The summed E-state index contributed by atoms with van der Waals surface area (Å²) in [6.45, 7) is 7.98. The average Bonchev–Trinajstić information content (AvgIpc) is 2.17. The lowest BCUT2D eigenvalue weighted by Crippen LogP contribution is -2.24. The lowest BCUT2D eigenvalue weighted by Gasteiger charge is -2.12. The van der Waals surface area contributed by atoms with E-state index in [1.807, 2.05) is 0 Å². The molecule has 0 N–H and O–H groups in total. The van der Waals surface area contributed by atoms with Gasteiger partial charge in [0.2, 0.25) is 5.91 Å². The Bertz CT molecular complexity index is 196. The first kappa shape index (κ1) is 8.31. The van der Waals surface area contributed by atoms with Crippen LogP contribution < -0.4 is 0 Å². The van der Waals surface area contributed by atoms with Gasteiger partial charge in [0.25, 0.3) is 0 Å². The summed E-state index contributed by atoms with van der Waals surface area (Å²) in [5.74, 6) is 0.835. The normalized spacial score (nSPS) is 25.5. The molecular weight excluding hydrogens is 138 g/mol. The molecule has 1 aliphatic rings. The fourth-order valence-electron chi connectivity index (χ4n) is 1.40. The number of carbonyl (C=O) groups excluding carboxylic acids is 1. The maximum absolute atomic E-state index is 11.4. The van der Waals surface area contributed by atoms with Crippen LogP contribution in [0.3, 0.4) is 0 Å². The first-order valence-electron chi connectivity index (χ1n) is 3.99. The molecule has 2 nitrogen and oxygen atoms in total. The highest BCUT2D eigenvalue weighted by Crippen LogP contribution is 2.30. The highest BCUT2D eigenvalue weighted by Gasteiger charge is 2.33. The van der Waals surface area contributed by atoms with E-state index < -0.39 is 0 Å². The maximum atomic E-state index is 11.4. The lowest BCUT2D eigenvalue weighted by atomic mass is 9.94. The molecule has 11 heavy (non-hydrogen) atoms. The van der Waals surface area contributed by atoms with Crippen molar-refractivity contribution in [3.05, 3.63) is 12.3 Å². The summed E-state index contributed by atoms with van der Waals surface area (Å²) in [5, 5.41) is 0. The van der Waals surface area contributed by atoms with Crippen LogP contribution in [0, 0.1) is 11.8 Å². The number of hydrogen-bond acceptors (Lipinski definition) is 1. The Kier molecular flexibility index (Phi) is 2.03. The van der Waals surface area contributed by atoms with Gasteiger partial charge in [-0.2, -0.15) is 0 Å². The summed E-state index contributed by atoms with van der Waals surface area (Å²) in [6.07, 6.45) is 0.840. The SMILES string of the molecule is C=C1CC(C(C)C)C(=O)N1C. The summed E-state index contributed by atoms with van der Waals surface area (Å²) in [5.41, 5.74) is 0.953. The fraction of sp³-hybridized carbons (Fsp3) is 0.667. The molecule has 1 unspecified atom stereocenters. The van der Waals surface area contributed by atoms with Gasteiger partial charge in [-0.15, -0.1) is 0 Å². The molecule has 0 bridgehead atoms. The van der Waals surface area contributed by atoms with E-state index in [-0.39, 0.29) is 11.8 Å². The van der Waals surface area contributed by atoms with Crippen molar-refractivity contribution >= 4 is 5.91 Å². The van der Waals surface area contributed by atoms with Gasteiger partial charge in [0.15, 0.2) is 0 Å². The first-order chi connectivity index (χ1) is 5.04. The fourth-order valence-corrected chi connectivity index (χ4v) is 1.40. The van der Waals surface area contributed by atoms with Crippen molar-refractivity contribution in [3.8, 4) is 0 Å². The first-order valence-corrected chi connectivity index (χ1v) is 3.99. The maximum Gasteiger partial charge on any atom is 0.230 e. The molecule has 2 heteroatoms. The van der Waals surface area contributed by atoms with Crippen LogP contribution in [0.1, 0.15) is 20.3 Å². The van der Waals surface area contributed by atoms with Gasteiger partial charge in [0.1, 0.15) is 0 Å². The summed E-state index contributed by atoms with van der Waals surface area (Å²) in [4.78, 5) is 13.1. The van der Waals surface area contributed by atoms with Crippen molar-refractivity contribution < 1.29 is 4.79 Å². The molecule has 1 amide bonds. The second-order valence-electron chi connectivity index (χ2n) is 3.52. The second kappa shape index (κ2) is 2.68. The standard InChI is InChI=1S/C9H15NO/c1-6(2)8-5-7(3)10(4)9(8)11/h6,8H,3,5H2,1-2,4H3. The zero-order valence-corrected chi connectivity index (χ0v) is 7.42. The Hall–Kier alpha value is -0.790. The zero-order valence-electron chi connectivity index (χ0n) is 7.42. The number of amides is 1. The van der Waals surface area contributed by atoms with E-state index in [4.69, 9.17) is 0 Å². The molecule has 0 saturated carbocycles. The molecule has 62 valence electrons. The van der Waals surface area contributed by atoms with Crippen LogP contribution in [-0.2, 0) is 4.79 Å². The topological polar surface area (TPSA) is 20.3 Å². The van der Waals surface area contributed by atoms with Crippen LogP contribution in [-0.4, -0.2) is 17.9 Å². The minimum atomic E-state index is 0.174. The van der Waals surface area contributed by atoms with E-state index in [9.17, 15) is 4.79 Å². The Morgan fingerprint density at radius 3 is 2.36 bits per heavy atom. The molecular formula is C9H15NO. The van der Waals surface area contributed by atoms with Gasteiger partial charge in [-0.25, -0.2) is 0 Å². The molecule has 0 aromatic rings. The van der Waals surface area contributed by atoms with Gasteiger partial charge in [-0.3, -0.25) is 4.79 Å². The van der Waals surface area contributed by atoms with Gasteiger partial charge in [0, 0.05) is 18.7 Å². The van der Waals surface area contributed by atoms with E-state index in [0.717, 1.165) is 12.1 Å². The largest absolute Gasteiger partial charge is 0.320 e. The van der Waals surface area contributed by atoms with Crippen LogP contribution in [0.5, 0.6) is 0 Å². The number of carbonyl (C=O) groups is 1. The van der Waals surface area contributed by atoms with E-state index in [1.165, 1.54) is 0 Å². The summed E-state index contributed by atoms with van der Waals surface area (Å²) < 4.78 is 0. The van der Waals surface area contributed by atoms with Crippen LogP contribution in [0.15, 0.2) is 12.3 Å². The molecule has 0 aromatic carbocycles. The minimum Gasteiger partial charge on any atom is -0.320 e. The van der Waals surface area contributed by atoms with Crippen LogP contribution >= 0.6 is 0 Å². The molecule has 0 aromatic heterocycles. The Balaban J connectivity index is 2.75. The molecule has 0 spiro atoms. The van der Waals surface area contributed by atoms with Crippen molar-refractivity contribution in [1.82, 2.24) is 4.90 Å². The summed E-state index contributed by atoms with van der Waals surface area (Å²) in [7, 11) is 1.80. The second-order valence-corrected chi connectivity index (χ2v) is 3.52. The summed E-state index contributed by atoms with van der Waals surface area (Å²) in [6, 6.07) is 0. The Morgan fingerprint density at radius 1 is 1.64 bits per heavy atom. The van der Waals surface area contributed by atoms with Crippen molar-refractivity contribution in [2.45, 2.75) is 20.3 Å². The van der Waals surface area contributed by atoms with Crippen molar-refractivity contribution in [2.75, 3.05) is 7.05 Å². The van der Waals surface area contributed by atoms with E-state index in [2.05, 4.69) is 20.4 Å². The smallest absolute Gasteiger partial charge is 0.230 e. The number of hydrogen-bond donors (Lipinski definition) is 0. The quantitative estimate of drug-likeness (QED) is 0.560. The van der Waals surface area contributed by atoms with Gasteiger partial charge >= 0.3 is 0 Å². The van der Waals surface area contributed by atoms with Gasteiger partial charge in [-0.1, -0.05) is 20.4 Å². The molecule has 1 atom stereocenters. The van der Waals surface area contributed by atoms with Crippen LogP contribution in [0.25, 0.3) is 0 Å². The molecule has 1 saturated heterocycles. The van der Waals surface area contributed by atoms with Crippen LogP contribution in [0.4, 0.5) is 0 Å². The molecule has 1 fully saturated rings. The average molecular weight is 153 g/mol. The van der Waals surface area contributed by atoms with Crippen molar-refractivity contribution in [2.24, 2.45) is 11.8 Å². The molecule has 1 aliphatic heterocycles. The number of likely N-dealkylation sites (tertiary alicyclic amines) is 1. The molecule has 1 heterocycles. The van der Waals surface area contributed by atoms with E-state index >= 15 is 0 Å². The van der Waals surface area contributed by atoms with Crippen LogP contribution in [0.2, 0.25) is 0 Å². The number of rotatable bonds is 1. The minimum absolute atomic E-state index is 0.174. The third-order valence-corrected chi connectivity index (χ3v) is 2.38. The third kappa shape index (κ3) is 1.30. The third-order valence-electron chi connectivity index (χ3n) is 2.38. The van der Waals surface area contributed by atoms with E-state index in [1.54, 1.807) is 11.9 Å². The van der Waals surface area contributed by atoms with Crippen molar-refractivity contribution in [1.29, 1.82) is 0 Å². The monoisotopic (exact) mass is 153 g/mol. The number of allylic oxidation sites excluding steroid dienone is 1. The highest BCUT2D eigenvalue weighted by molar-refractivity contribution is 5.83. The lowest BCUT2D eigenvalue weighted by molar-refractivity contribution is -0.130. The van der Waals surface area contributed by atoms with Crippen molar-refractivity contribution in [3.63, 3.8) is 0 Å².